The van der Waals surface area contributed by atoms with Gasteiger partial charge in [-0.1, -0.05) is 27.7 Å². The lowest BCUT2D eigenvalue weighted by Crippen LogP contribution is -2.33. The number of halogens is 3. The molecule has 1 atom stereocenters. The molecule has 1 aliphatic rings. The topological polar surface area (TPSA) is 12.0 Å². The molecule has 0 heterocycles. The summed E-state index contributed by atoms with van der Waals surface area (Å²) >= 11 is 3.13. The van der Waals surface area contributed by atoms with Crippen LogP contribution < -0.4 is 5.32 Å². The van der Waals surface area contributed by atoms with Crippen LogP contribution in [0.2, 0.25) is 0 Å². The van der Waals surface area contributed by atoms with E-state index in [0.29, 0.717) is 16.8 Å². The summed E-state index contributed by atoms with van der Waals surface area (Å²) in [4.78, 5) is 0. The molecule has 1 aliphatic carbocycles. The first-order chi connectivity index (χ1) is 9.14. The first-order valence-electron chi connectivity index (χ1n) is 6.94. The summed E-state index contributed by atoms with van der Waals surface area (Å²) in [5.41, 5.74) is 0.524. The molecule has 112 valence electrons. The number of benzene rings is 1. The number of hydrogen-bond acceptors (Lipinski definition) is 1. The Morgan fingerprint density at radius 3 is 2.20 bits per heavy atom. The predicted molar refractivity (Wildman–Crippen MR) is 81.7 cm³/mol. The number of rotatable bonds is 4. The molecule has 0 saturated heterocycles. The third kappa shape index (κ3) is 2.31. The first kappa shape index (κ1) is 15.9. The largest absolute Gasteiger partial charge is 0.316 e. The predicted octanol–water partition coefficient (Wildman–Crippen LogP) is 4.54. The molecule has 1 N–H and O–H groups in total. The molecule has 1 aromatic rings. The Bertz CT molecular complexity index is 511. The van der Waals surface area contributed by atoms with Crippen LogP contribution in [-0.2, 0) is 6.42 Å². The van der Waals surface area contributed by atoms with Crippen molar-refractivity contribution < 1.29 is 8.78 Å². The summed E-state index contributed by atoms with van der Waals surface area (Å²) in [6, 6.07) is 2.80. The quantitative estimate of drug-likeness (QED) is 0.790. The molecule has 1 aromatic carbocycles. The molecule has 0 radical (unpaired) electrons. The van der Waals surface area contributed by atoms with E-state index in [-0.39, 0.29) is 22.4 Å². The lowest BCUT2D eigenvalue weighted by Gasteiger charge is -2.19. The van der Waals surface area contributed by atoms with Gasteiger partial charge in [-0.3, -0.25) is 0 Å². The number of nitrogens with one attached hydrogen (secondary N) is 1. The van der Waals surface area contributed by atoms with Gasteiger partial charge < -0.3 is 5.32 Å². The highest BCUT2D eigenvalue weighted by atomic mass is 79.9. The van der Waals surface area contributed by atoms with Crippen LogP contribution in [0.1, 0.15) is 33.3 Å². The van der Waals surface area contributed by atoms with Crippen LogP contribution in [0.5, 0.6) is 0 Å². The van der Waals surface area contributed by atoms with Gasteiger partial charge in [0, 0.05) is 11.6 Å². The molecule has 0 aliphatic heterocycles. The van der Waals surface area contributed by atoms with Gasteiger partial charge in [0.15, 0.2) is 0 Å². The standard InChI is InChI=1S/C16H22BrF2N/c1-15(2)14(16(15,3)4)12(20-5)8-9-11(18)7-6-10(17)13(9)19/h6-7,12,14,20H,8H2,1-5H3. The average molecular weight is 346 g/mol. The molecule has 0 amide bonds. The van der Waals surface area contributed by atoms with E-state index in [1.54, 1.807) is 0 Å². The van der Waals surface area contributed by atoms with E-state index in [1.807, 2.05) is 7.05 Å². The minimum atomic E-state index is -0.485. The van der Waals surface area contributed by atoms with Crippen molar-refractivity contribution in [3.63, 3.8) is 0 Å². The van der Waals surface area contributed by atoms with Gasteiger partial charge in [-0.2, -0.15) is 0 Å². The Labute approximate surface area is 128 Å². The van der Waals surface area contributed by atoms with Crippen LogP contribution in [0.15, 0.2) is 16.6 Å². The van der Waals surface area contributed by atoms with Gasteiger partial charge in [0.2, 0.25) is 0 Å². The molecule has 0 spiro atoms. The minimum absolute atomic E-state index is 0.0679. The third-order valence-corrected chi connectivity index (χ3v) is 6.08. The molecule has 2 rings (SSSR count). The van der Waals surface area contributed by atoms with Crippen LogP contribution in [0, 0.1) is 28.4 Å². The summed E-state index contributed by atoms with van der Waals surface area (Å²) in [5.74, 6) is -0.554. The zero-order valence-corrected chi connectivity index (χ0v) is 14.2. The number of hydrogen-bond donors (Lipinski definition) is 1. The highest BCUT2D eigenvalue weighted by Gasteiger charge is 2.66. The Kier molecular flexibility index (Phi) is 4.02. The Morgan fingerprint density at radius 2 is 1.75 bits per heavy atom. The van der Waals surface area contributed by atoms with E-state index in [2.05, 4.69) is 48.9 Å². The fourth-order valence-corrected chi connectivity index (χ4v) is 3.99. The second-order valence-corrected chi connectivity index (χ2v) is 7.70. The van der Waals surface area contributed by atoms with E-state index in [9.17, 15) is 8.78 Å². The summed E-state index contributed by atoms with van der Waals surface area (Å²) in [5, 5.41) is 3.25. The highest BCUT2D eigenvalue weighted by Crippen LogP contribution is 2.69. The lowest BCUT2D eigenvalue weighted by molar-refractivity contribution is 0.407. The summed E-state index contributed by atoms with van der Waals surface area (Å²) in [6.45, 7) is 8.87. The van der Waals surface area contributed by atoms with Crippen molar-refractivity contribution in [2.45, 2.75) is 40.2 Å². The van der Waals surface area contributed by atoms with Crippen molar-refractivity contribution in [1.82, 2.24) is 5.32 Å². The van der Waals surface area contributed by atoms with Crippen LogP contribution >= 0.6 is 15.9 Å². The van der Waals surface area contributed by atoms with E-state index < -0.39 is 11.6 Å². The summed E-state index contributed by atoms with van der Waals surface area (Å²) in [7, 11) is 1.86. The van der Waals surface area contributed by atoms with E-state index in [0.717, 1.165) is 0 Å². The van der Waals surface area contributed by atoms with Crippen molar-refractivity contribution in [1.29, 1.82) is 0 Å². The van der Waals surface area contributed by atoms with Gasteiger partial charge in [-0.05, 0) is 58.3 Å². The number of likely N-dealkylation sites (N-methyl/N-ethyl adjacent to an activating group) is 1. The van der Waals surface area contributed by atoms with Crippen LogP contribution in [0.25, 0.3) is 0 Å². The van der Waals surface area contributed by atoms with Crippen LogP contribution in [-0.4, -0.2) is 13.1 Å². The zero-order valence-electron chi connectivity index (χ0n) is 12.7. The molecule has 1 saturated carbocycles. The third-order valence-electron chi connectivity index (χ3n) is 5.47. The average Bonchev–Trinajstić information content (AvgIpc) is 2.77. The van der Waals surface area contributed by atoms with Gasteiger partial charge >= 0.3 is 0 Å². The maximum Gasteiger partial charge on any atom is 0.143 e. The highest BCUT2D eigenvalue weighted by molar-refractivity contribution is 9.10. The fraction of sp³-hybridized carbons (Fsp3) is 0.625. The smallest absolute Gasteiger partial charge is 0.143 e. The summed E-state index contributed by atoms with van der Waals surface area (Å²) in [6.07, 6.45) is 0.366. The van der Waals surface area contributed by atoms with E-state index in [4.69, 9.17) is 0 Å². The van der Waals surface area contributed by atoms with Crippen molar-refractivity contribution in [2.24, 2.45) is 16.7 Å². The zero-order chi connectivity index (χ0) is 15.3. The second-order valence-electron chi connectivity index (χ2n) is 6.84. The normalized spacial score (nSPS) is 21.8. The Hall–Kier alpha value is -0.480. The van der Waals surface area contributed by atoms with Crippen molar-refractivity contribution >= 4 is 15.9 Å². The molecule has 4 heteroatoms. The Morgan fingerprint density at radius 1 is 1.20 bits per heavy atom. The van der Waals surface area contributed by atoms with Gasteiger partial charge in [0.25, 0.3) is 0 Å². The van der Waals surface area contributed by atoms with Crippen LogP contribution in [0.3, 0.4) is 0 Å². The van der Waals surface area contributed by atoms with Crippen LogP contribution in [0.4, 0.5) is 8.78 Å². The monoisotopic (exact) mass is 345 g/mol. The van der Waals surface area contributed by atoms with E-state index in [1.165, 1.54) is 12.1 Å². The Balaban J connectivity index is 2.28. The van der Waals surface area contributed by atoms with Crippen molar-refractivity contribution in [3.8, 4) is 0 Å². The molecular weight excluding hydrogens is 324 g/mol. The first-order valence-corrected chi connectivity index (χ1v) is 7.73. The molecule has 0 bridgehead atoms. The molecule has 1 nitrogen and oxygen atoms in total. The molecule has 1 fully saturated rings. The molecule has 0 aromatic heterocycles. The van der Waals surface area contributed by atoms with Crippen molar-refractivity contribution in [2.75, 3.05) is 7.05 Å². The van der Waals surface area contributed by atoms with Gasteiger partial charge in [-0.15, -0.1) is 0 Å². The minimum Gasteiger partial charge on any atom is -0.316 e. The summed E-state index contributed by atoms with van der Waals surface area (Å²) < 4.78 is 28.3. The maximum absolute atomic E-state index is 14.1. The van der Waals surface area contributed by atoms with E-state index >= 15 is 0 Å². The lowest BCUT2D eigenvalue weighted by atomic mass is 9.96. The van der Waals surface area contributed by atoms with Gasteiger partial charge in [0.1, 0.15) is 11.6 Å². The van der Waals surface area contributed by atoms with Gasteiger partial charge in [-0.25, -0.2) is 8.78 Å². The molecule has 20 heavy (non-hydrogen) atoms. The second kappa shape index (κ2) is 5.06. The van der Waals surface area contributed by atoms with Crippen molar-refractivity contribution in [3.05, 3.63) is 33.8 Å². The fourth-order valence-electron chi connectivity index (χ4n) is 3.62. The molecular formula is C16H22BrF2N. The SMILES string of the molecule is CNC(Cc1c(F)ccc(Br)c1F)C1C(C)(C)C1(C)C. The van der Waals surface area contributed by atoms with Gasteiger partial charge in [0.05, 0.1) is 4.47 Å². The molecule has 1 unspecified atom stereocenters. The maximum atomic E-state index is 14.1.